The highest BCUT2D eigenvalue weighted by Gasteiger charge is 2.33. The van der Waals surface area contributed by atoms with Gasteiger partial charge in [-0.15, -0.1) is 0 Å². The summed E-state index contributed by atoms with van der Waals surface area (Å²) >= 11 is 0. The fraction of sp³-hybridized carbons (Fsp3) is 0.789. The number of nitrogens with zero attached hydrogens (tertiary/aromatic N) is 3. The van der Waals surface area contributed by atoms with Crippen LogP contribution in [0.25, 0.3) is 0 Å². The zero-order valence-corrected chi connectivity index (χ0v) is 15.0. The summed E-state index contributed by atoms with van der Waals surface area (Å²) in [5.74, 6) is 0.505. The first-order valence-corrected chi connectivity index (χ1v) is 9.74. The summed E-state index contributed by atoms with van der Waals surface area (Å²) < 4.78 is 7.05. The first kappa shape index (κ1) is 17.2. The van der Waals surface area contributed by atoms with Gasteiger partial charge in [0, 0.05) is 45.2 Å². The molecular formula is C19H29N3O3. The molecule has 0 saturated carbocycles. The van der Waals surface area contributed by atoms with Gasteiger partial charge in [-0.1, -0.05) is 0 Å². The van der Waals surface area contributed by atoms with Crippen LogP contribution < -0.4 is 5.56 Å². The number of hydrogen-bond donors (Lipinski definition) is 1. The first-order chi connectivity index (χ1) is 12.1. The van der Waals surface area contributed by atoms with Crippen molar-refractivity contribution in [1.82, 2.24) is 14.7 Å². The van der Waals surface area contributed by atoms with Crippen molar-refractivity contribution in [2.24, 2.45) is 5.92 Å². The van der Waals surface area contributed by atoms with Gasteiger partial charge in [0.2, 0.25) is 0 Å². The van der Waals surface area contributed by atoms with Crippen molar-refractivity contribution < 1.29 is 9.84 Å². The lowest BCUT2D eigenvalue weighted by atomic mass is 9.91. The van der Waals surface area contributed by atoms with E-state index in [9.17, 15) is 9.90 Å². The Morgan fingerprint density at radius 2 is 2.00 bits per heavy atom. The number of rotatable bonds is 4. The Morgan fingerprint density at radius 3 is 2.76 bits per heavy atom. The van der Waals surface area contributed by atoms with E-state index in [1.54, 1.807) is 10.7 Å². The highest BCUT2D eigenvalue weighted by atomic mass is 16.5. The van der Waals surface area contributed by atoms with Gasteiger partial charge in [-0.3, -0.25) is 4.79 Å². The Balaban J connectivity index is 1.31. The van der Waals surface area contributed by atoms with Crippen molar-refractivity contribution in [2.45, 2.75) is 57.1 Å². The monoisotopic (exact) mass is 347 g/mol. The number of aromatic nitrogens is 2. The third-order valence-corrected chi connectivity index (χ3v) is 6.10. The first-order valence-electron chi connectivity index (χ1n) is 9.74. The molecule has 0 unspecified atom stereocenters. The average molecular weight is 347 g/mol. The summed E-state index contributed by atoms with van der Waals surface area (Å²) in [6.07, 6.45) is 6.75. The molecule has 0 radical (unpaired) electrons. The van der Waals surface area contributed by atoms with Gasteiger partial charge in [-0.2, -0.15) is 5.10 Å². The zero-order chi connectivity index (χ0) is 17.3. The van der Waals surface area contributed by atoms with Crippen LogP contribution in [0.4, 0.5) is 0 Å². The van der Waals surface area contributed by atoms with E-state index in [0.717, 1.165) is 82.4 Å². The minimum Gasteiger partial charge on any atom is -0.388 e. The Bertz CT molecular complexity index is 658. The van der Waals surface area contributed by atoms with Crippen LogP contribution in [-0.4, -0.2) is 58.2 Å². The van der Waals surface area contributed by atoms with Gasteiger partial charge >= 0.3 is 0 Å². The molecule has 0 spiro atoms. The molecule has 0 aromatic carbocycles. The SMILES string of the molecule is O=c1cc2c(nn1CC1CCN(CC3(O)CCOCC3)CC1)CCC2. The minimum atomic E-state index is -0.580. The molecule has 2 saturated heterocycles. The maximum Gasteiger partial charge on any atom is 0.267 e. The molecule has 1 aromatic rings. The fourth-order valence-electron chi connectivity index (χ4n) is 4.47. The molecule has 1 N–H and O–H groups in total. The Morgan fingerprint density at radius 1 is 1.24 bits per heavy atom. The van der Waals surface area contributed by atoms with Gasteiger partial charge in [0.25, 0.3) is 5.56 Å². The standard InChI is InChI=1S/C19H29N3O3/c23-18-12-16-2-1-3-17(16)20-22(18)13-15-4-8-21(9-5-15)14-19(24)6-10-25-11-7-19/h12,15,24H,1-11,13-14H2. The highest BCUT2D eigenvalue weighted by Crippen LogP contribution is 2.25. The van der Waals surface area contributed by atoms with Crippen molar-refractivity contribution in [1.29, 1.82) is 0 Å². The second kappa shape index (κ2) is 7.17. The van der Waals surface area contributed by atoms with E-state index in [1.807, 2.05) is 0 Å². The molecule has 3 aliphatic rings. The van der Waals surface area contributed by atoms with Crippen LogP contribution in [0.2, 0.25) is 0 Å². The number of likely N-dealkylation sites (tertiary alicyclic amines) is 1. The molecule has 25 heavy (non-hydrogen) atoms. The van der Waals surface area contributed by atoms with Crippen molar-refractivity contribution in [2.75, 3.05) is 32.8 Å². The van der Waals surface area contributed by atoms with E-state index >= 15 is 0 Å². The van der Waals surface area contributed by atoms with Crippen LogP contribution in [0.5, 0.6) is 0 Å². The van der Waals surface area contributed by atoms with Crippen LogP contribution in [-0.2, 0) is 24.1 Å². The van der Waals surface area contributed by atoms with E-state index in [2.05, 4.69) is 10.00 Å². The van der Waals surface area contributed by atoms with Gasteiger partial charge in [-0.05, 0) is 56.7 Å². The van der Waals surface area contributed by atoms with Crippen molar-refractivity contribution >= 4 is 0 Å². The fourth-order valence-corrected chi connectivity index (χ4v) is 4.47. The predicted molar refractivity (Wildman–Crippen MR) is 94.7 cm³/mol. The second-order valence-electron chi connectivity index (χ2n) is 8.05. The van der Waals surface area contributed by atoms with Gasteiger partial charge < -0.3 is 14.7 Å². The Kier molecular flexibility index (Phi) is 4.93. The largest absolute Gasteiger partial charge is 0.388 e. The number of aliphatic hydroxyl groups is 1. The molecule has 0 amide bonds. The van der Waals surface area contributed by atoms with E-state index in [-0.39, 0.29) is 5.56 Å². The van der Waals surface area contributed by atoms with E-state index in [4.69, 9.17) is 4.74 Å². The van der Waals surface area contributed by atoms with Crippen molar-refractivity contribution in [3.63, 3.8) is 0 Å². The quantitative estimate of drug-likeness (QED) is 0.880. The molecule has 3 heterocycles. The zero-order valence-electron chi connectivity index (χ0n) is 15.0. The van der Waals surface area contributed by atoms with E-state index in [0.29, 0.717) is 19.1 Å². The maximum absolute atomic E-state index is 12.3. The lowest BCUT2D eigenvalue weighted by molar-refractivity contribution is -0.0832. The van der Waals surface area contributed by atoms with Crippen molar-refractivity contribution in [3.8, 4) is 0 Å². The van der Waals surface area contributed by atoms with Crippen LogP contribution in [0, 0.1) is 5.92 Å². The predicted octanol–water partition coefficient (Wildman–Crippen LogP) is 0.985. The smallest absolute Gasteiger partial charge is 0.267 e. The van der Waals surface area contributed by atoms with Gasteiger partial charge in [-0.25, -0.2) is 4.68 Å². The van der Waals surface area contributed by atoms with Crippen LogP contribution in [0.15, 0.2) is 10.9 Å². The Labute approximate surface area is 148 Å². The maximum atomic E-state index is 12.3. The molecule has 0 bridgehead atoms. The third kappa shape index (κ3) is 3.96. The molecule has 2 fully saturated rings. The van der Waals surface area contributed by atoms with Gasteiger partial charge in [0.1, 0.15) is 0 Å². The number of ether oxygens (including phenoxy) is 1. The normalized spacial score (nSPS) is 24.4. The number of β-amino-alcohol motifs (C(OH)–C–C–N with tert-alkyl or cyclic N) is 1. The molecule has 6 nitrogen and oxygen atoms in total. The molecule has 6 heteroatoms. The number of hydrogen-bond acceptors (Lipinski definition) is 5. The molecule has 0 atom stereocenters. The molecule has 1 aromatic heterocycles. The lowest BCUT2D eigenvalue weighted by Crippen LogP contribution is -2.49. The van der Waals surface area contributed by atoms with Gasteiger partial charge in [0.15, 0.2) is 0 Å². The van der Waals surface area contributed by atoms with Crippen LogP contribution in [0.3, 0.4) is 0 Å². The number of piperidine rings is 1. The summed E-state index contributed by atoms with van der Waals surface area (Å²) in [7, 11) is 0. The summed E-state index contributed by atoms with van der Waals surface area (Å²) in [5.41, 5.74) is 1.75. The van der Waals surface area contributed by atoms with E-state index in [1.165, 1.54) is 0 Å². The molecule has 2 aliphatic heterocycles. The van der Waals surface area contributed by atoms with Gasteiger partial charge in [0.05, 0.1) is 11.3 Å². The number of fused-ring (bicyclic) bond motifs is 1. The summed E-state index contributed by atoms with van der Waals surface area (Å²) in [5, 5.41) is 15.3. The molecule has 138 valence electrons. The molecular weight excluding hydrogens is 318 g/mol. The second-order valence-corrected chi connectivity index (χ2v) is 8.05. The van der Waals surface area contributed by atoms with Crippen LogP contribution >= 0.6 is 0 Å². The highest BCUT2D eigenvalue weighted by molar-refractivity contribution is 5.22. The topological polar surface area (TPSA) is 67.6 Å². The van der Waals surface area contributed by atoms with E-state index < -0.39 is 5.60 Å². The Hall–Kier alpha value is -1.24. The average Bonchev–Trinajstić information content (AvgIpc) is 3.04. The summed E-state index contributed by atoms with van der Waals surface area (Å²) in [6, 6.07) is 1.80. The third-order valence-electron chi connectivity index (χ3n) is 6.10. The van der Waals surface area contributed by atoms with Crippen molar-refractivity contribution in [3.05, 3.63) is 27.7 Å². The molecule has 4 rings (SSSR count). The minimum absolute atomic E-state index is 0.0552. The summed E-state index contributed by atoms with van der Waals surface area (Å²) in [6.45, 7) is 4.80. The number of aryl methyl sites for hydroxylation is 2. The summed E-state index contributed by atoms with van der Waals surface area (Å²) in [4.78, 5) is 14.6. The molecule has 1 aliphatic carbocycles. The van der Waals surface area contributed by atoms with Crippen LogP contribution in [0.1, 0.15) is 43.4 Å². The lowest BCUT2D eigenvalue weighted by Gasteiger charge is -2.39.